The van der Waals surface area contributed by atoms with Gasteiger partial charge in [-0.3, -0.25) is 0 Å². The van der Waals surface area contributed by atoms with Gasteiger partial charge < -0.3 is 15.5 Å². The van der Waals surface area contributed by atoms with Crippen LogP contribution in [-0.4, -0.2) is 29.3 Å². The zero-order valence-corrected chi connectivity index (χ0v) is 14.9. The summed E-state index contributed by atoms with van der Waals surface area (Å²) < 4.78 is 0. The molecular formula is C19H22N6. The Bertz CT molecular complexity index is 858. The number of nitrogens with zero attached hydrogens (tertiary/aromatic N) is 4. The van der Waals surface area contributed by atoms with Gasteiger partial charge in [0.1, 0.15) is 0 Å². The van der Waals surface area contributed by atoms with E-state index in [1.807, 2.05) is 50.5 Å². The van der Waals surface area contributed by atoms with Gasteiger partial charge in [-0.1, -0.05) is 12.1 Å². The number of aryl methyl sites for hydroxylation is 1. The van der Waals surface area contributed by atoms with Crippen molar-refractivity contribution >= 4 is 28.8 Å². The second kappa shape index (κ2) is 7.17. The van der Waals surface area contributed by atoms with E-state index in [0.717, 1.165) is 17.1 Å². The molecule has 2 aromatic carbocycles. The van der Waals surface area contributed by atoms with Crippen molar-refractivity contribution in [3.8, 4) is 0 Å². The van der Waals surface area contributed by atoms with E-state index >= 15 is 0 Å². The van der Waals surface area contributed by atoms with Gasteiger partial charge in [0.15, 0.2) is 5.82 Å². The second-order valence-corrected chi connectivity index (χ2v) is 6.10. The maximum Gasteiger partial charge on any atom is 0.249 e. The highest BCUT2D eigenvalue weighted by Gasteiger charge is 2.05. The lowest BCUT2D eigenvalue weighted by molar-refractivity contribution is 0.982. The predicted molar refractivity (Wildman–Crippen MR) is 103 cm³/mol. The summed E-state index contributed by atoms with van der Waals surface area (Å²) in [5, 5.41) is 14.6. The van der Waals surface area contributed by atoms with Gasteiger partial charge in [-0.2, -0.15) is 10.1 Å². The zero-order chi connectivity index (χ0) is 17.8. The van der Waals surface area contributed by atoms with Gasteiger partial charge >= 0.3 is 0 Å². The normalized spacial score (nSPS) is 10.4. The third-order valence-electron chi connectivity index (χ3n) is 4.07. The van der Waals surface area contributed by atoms with Gasteiger partial charge in [-0.05, 0) is 55.3 Å². The average molecular weight is 334 g/mol. The van der Waals surface area contributed by atoms with Crippen LogP contribution in [0.15, 0.2) is 48.7 Å². The first-order valence-electron chi connectivity index (χ1n) is 8.10. The van der Waals surface area contributed by atoms with E-state index in [1.165, 1.54) is 11.1 Å². The van der Waals surface area contributed by atoms with Crippen LogP contribution < -0.4 is 15.5 Å². The van der Waals surface area contributed by atoms with Crippen LogP contribution in [0, 0.1) is 13.8 Å². The fourth-order valence-corrected chi connectivity index (χ4v) is 2.41. The Morgan fingerprint density at radius 2 is 1.68 bits per heavy atom. The molecule has 0 radical (unpaired) electrons. The summed E-state index contributed by atoms with van der Waals surface area (Å²) in [6.45, 7) is 4.17. The molecule has 0 saturated carbocycles. The van der Waals surface area contributed by atoms with Crippen LogP contribution in [0.25, 0.3) is 0 Å². The number of benzene rings is 2. The maximum absolute atomic E-state index is 4.49. The number of rotatable bonds is 5. The Kier molecular flexibility index (Phi) is 4.79. The molecule has 0 aliphatic carbocycles. The van der Waals surface area contributed by atoms with Crippen molar-refractivity contribution in [3.05, 3.63) is 59.8 Å². The van der Waals surface area contributed by atoms with Crippen LogP contribution in [0.1, 0.15) is 11.1 Å². The largest absolute Gasteiger partial charge is 0.378 e. The molecule has 3 rings (SSSR count). The number of hydrogen-bond donors (Lipinski definition) is 2. The zero-order valence-electron chi connectivity index (χ0n) is 14.9. The van der Waals surface area contributed by atoms with Crippen LogP contribution in [0.5, 0.6) is 0 Å². The Morgan fingerprint density at radius 3 is 2.40 bits per heavy atom. The molecule has 0 aliphatic heterocycles. The van der Waals surface area contributed by atoms with E-state index in [0.29, 0.717) is 11.8 Å². The van der Waals surface area contributed by atoms with Crippen molar-refractivity contribution in [2.24, 2.45) is 0 Å². The highest BCUT2D eigenvalue weighted by Crippen LogP contribution is 2.22. The Labute approximate surface area is 147 Å². The minimum absolute atomic E-state index is 0.452. The summed E-state index contributed by atoms with van der Waals surface area (Å²) in [5.41, 5.74) is 5.48. The Morgan fingerprint density at radius 1 is 0.920 bits per heavy atom. The smallest absolute Gasteiger partial charge is 0.249 e. The summed E-state index contributed by atoms with van der Waals surface area (Å²) >= 11 is 0. The Balaban J connectivity index is 1.76. The molecule has 2 N–H and O–H groups in total. The number of nitrogens with one attached hydrogen (secondary N) is 2. The van der Waals surface area contributed by atoms with Gasteiger partial charge in [0.2, 0.25) is 5.95 Å². The van der Waals surface area contributed by atoms with Crippen LogP contribution in [0.3, 0.4) is 0 Å². The third-order valence-corrected chi connectivity index (χ3v) is 4.07. The van der Waals surface area contributed by atoms with Crippen LogP contribution in [0.4, 0.5) is 28.8 Å². The van der Waals surface area contributed by atoms with E-state index in [4.69, 9.17) is 0 Å². The quantitative estimate of drug-likeness (QED) is 0.734. The molecule has 0 aliphatic rings. The minimum Gasteiger partial charge on any atom is -0.378 e. The van der Waals surface area contributed by atoms with E-state index in [1.54, 1.807) is 6.20 Å². The molecule has 0 unspecified atom stereocenters. The summed E-state index contributed by atoms with van der Waals surface area (Å²) in [6.07, 6.45) is 1.61. The molecule has 25 heavy (non-hydrogen) atoms. The fourth-order valence-electron chi connectivity index (χ4n) is 2.41. The van der Waals surface area contributed by atoms with Crippen LogP contribution >= 0.6 is 0 Å². The first-order valence-corrected chi connectivity index (χ1v) is 8.10. The van der Waals surface area contributed by atoms with E-state index in [-0.39, 0.29) is 0 Å². The summed E-state index contributed by atoms with van der Waals surface area (Å²) in [4.78, 5) is 6.54. The molecular weight excluding hydrogens is 312 g/mol. The van der Waals surface area contributed by atoms with Gasteiger partial charge in [0.25, 0.3) is 0 Å². The monoisotopic (exact) mass is 334 g/mol. The molecule has 0 fully saturated rings. The molecule has 1 aromatic heterocycles. The van der Waals surface area contributed by atoms with Gasteiger partial charge in [0.05, 0.1) is 6.20 Å². The summed E-state index contributed by atoms with van der Waals surface area (Å²) in [6, 6.07) is 14.2. The lowest BCUT2D eigenvalue weighted by Gasteiger charge is -2.13. The topological polar surface area (TPSA) is 66.0 Å². The Hall–Kier alpha value is -3.15. The molecule has 0 atom stereocenters. The maximum atomic E-state index is 4.49. The predicted octanol–water partition coefficient (Wildman–Crippen LogP) is 4.04. The van der Waals surface area contributed by atoms with Crippen LogP contribution in [0.2, 0.25) is 0 Å². The van der Waals surface area contributed by atoms with Crippen molar-refractivity contribution < 1.29 is 0 Å². The highest BCUT2D eigenvalue weighted by atomic mass is 15.3. The van der Waals surface area contributed by atoms with Gasteiger partial charge in [-0.15, -0.1) is 5.10 Å². The fraction of sp³-hybridized carbons (Fsp3) is 0.211. The molecule has 0 spiro atoms. The lowest BCUT2D eigenvalue weighted by atomic mass is 10.1. The molecule has 1 heterocycles. The summed E-state index contributed by atoms with van der Waals surface area (Å²) in [5.74, 6) is 1.10. The first-order chi connectivity index (χ1) is 12.0. The molecule has 6 heteroatoms. The van der Waals surface area contributed by atoms with Gasteiger partial charge in [-0.25, -0.2) is 0 Å². The van der Waals surface area contributed by atoms with Crippen molar-refractivity contribution in [3.63, 3.8) is 0 Å². The SMILES string of the molecule is Cc1cccc(Nc2cnnc(Nc3ccc(N(C)C)cc3)n2)c1C. The summed E-state index contributed by atoms with van der Waals surface area (Å²) in [7, 11) is 4.02. The van der Waals surface area contributed by atoms with E-state index in [2.05, 4.69) is 50.6 Å². The lowest BCUT2D eigenvalue weighted by Crippen LogP contribution is -2.08. The second-order valence-electron chi connectivity index (χ2n) is 6.10. The minimum atomic E-state index is 0.452. The standard InChI is InChI=1S/C19H22N6/c1-13-6-5-7-17(14(13)2)22-18-12-20-24-19(23-18)21-15-8-10-16(11-9-15)25(3)4/h5-12H,1-4H3,(H2,21,22,23,24). The first kappa shape index (κ1) is 16.7. The van der Waals surface area contributed by atoms with Crippen molar-refractivity contribution in [2.45, 2.75) is 13.8 Å². The number of anilines is 5. The van der Waals surface area contributed by atoms with E-state index < -0.39 is 0 Å². The highest BCUT2D eigenvalue weighted by molar-refractivity contribution is 5.63. The molecule has 0 bridgehead atoms. The number of hydrogen-bond acceptors (Lipinski definition) is 6. The van der Waals surface area contributed by atoms with Crippen molar-refractivity contribution in [1.29, 1.82) is 0 Å². The van der Waals surface area contributed by atoms with Gasteiger partial charge in [0, 0.05) is 31.2 Å². The molecule has 6 nitrogen and oxygen atoms in total. The molecule has 128 valence electrons. The molecule has 0 amide bonds. The molecule has 3 aromatic rings. The van der Waals surface area contributed by atoms with Crippen molar-refractivity contribution in [2.75, 3.05) is 29.6 Å². The van der Waals surface area contributed by atoms with Crippen molar-refractivity contribution in [1.82, 2.24) is 15.2 Å². The third kappa shape index (κ3) is 4.03. The van der Waals surface area contributed by atoms with Crippen LogP contribution in [-0.2, 0) is 0 Å². The van der Waals surface area contributed by atoms with E-state index in [9.17, 15) is 0 Å². The number of aromatic nitrogens is 3. The molecule has 0 saturated heterocycles. The average Bonchev–Trinajstić information content (AvgIpc) is 2.60.